The number of rotatable bonds is 3. The van der Waals surface area contributed by atoms with Gasteiger partial charge in [-0.2, -0.15) is 0 Å². The van der Waals surface area contributed by atoms with Gasteiger partial charge in [-0.15, -0.1) is 0 Å². The van der Waals surface area contributed by atoms with Gasteiger partial charge in [0.1, 0.15) is 11.5 Å². The van der Waals surface area contributed by atoms with Gasteiger partial charge in [0.25, 0.3) is 0 Å². The van der Waals surface area contributed by atoms with Crippen LogP contribution >= 0.6 is 11.6 Å². The first-order chi connectivity index (χ1) is 9.86. The number of hydrogen-bond donors (Lipinski definition) is 0. The standard InChI is InChI=1S/C17H13ClN2/c18-17-15(11-19-12-20-17)16(13-7-3-1-4-8-13)14-9-5-2-6-10-14/h1-12,16H. The third-order valence-electron chi connectivity index (χ3n) is 3.27. The smallest absolute Gasteiger partial charge is 0.136 e. The summed E-state index contributed by atoms with van der Waals surface area (Å²) >= 11 is 6.27. The molecule has 98 valence electrons. The molecule has 0 spiro atoms. The van der Waals surface area contributed by atoms with Gasteiger partial charge in [0, 0.05) is 17.7 Å². The highest BCUT2D eigenvalue weighted by Gasteiger charge is 2.19. The number of benzene rings is 2. The predicted octanol–water partition coefficient (Wildman–Crippen LogP) is 4.31. The molecule has 0 aliphatic carbocycles. The molecular weight excluding hydrogens is 268 g/mol. The van der Waals surface area contributed by atoms with Gasteiger partial charge in [-0.1, -0.05) is 72.3 Å². The first kappa shape index (κ1) is 12.8. The zero-order chi connectivity index (χ0) is 13.8. The van der Waals surface area contributed by atoms with Crippen molar-refractivity contribution in [3.63, 3.8) is 0 Å². The lowest BCUT2D eigenvalue weighted by Crippen LogP contribution is -2.05. The van der Waals surface area contributed by atoms with E-state index in [1.54, 1.807) is 6.20 Å². The summed E-state index contributed by atoms with van der Waals surface area (Å²) in [5.74, 6) is 0.0473. The molecule has 3 aromatic rings. The molecule has 2 nitrogen and oxygen atoms in total. The lowest BCUT2D eigenvalue weighted by Gasteiger charge is -2.18. The SMILES string of the molecule is Clc1ncncc1C(c1ccccc1)c1ccccc1. The molecule has 0 fully saturated rings. The maximum absolute atomic E-state index is 6.27. The Morgan fingerprint density at radius 3 is 1.85 bits per heavy atom. The maximum Gasteiger partial charge on any atom is 0.136 e. The summed E-state index contributed by atoms with van der Waals surface area (Å²) in [7, 11) is 0. The van der Waals surface area contributed by atoms with Gasteiger partial charge < -0.3 is 0 Å². The van der Waals surface area contributed by atoms with Crippen LogP contribution in [-0.2, 0) is 0 Å². The van der Waals surface area contributed by atoms with Gasteiger partial charge in [-0.3, -0.25) is 0 Å². The summed E-state index contributed by atoms with van der Waals surface area (Å²) < 4.78 is 0. The molecule has 0 atom stereocenters. The third-order valence-corrected chi connectivity index (χ3v) is 3.58. The predicted molar refractivity (Wildman–Crippen MR) is 80.9 cm³/mol. The Labute approximate surface area is 123 Å². The molecule has 0 bridgehead atoms. The van der Waals surface area contributed by atoms with Crippen molar-refractivity contribution in [3.05, 3.63) is 95.0 Å². The highest BCUT2D eigenvalue weighted by molar-refractivity contribution is 6.30. The minimum atomic E-state index is 0.0473. The van der Waals surface area contributed by atoms with Crippen molar-refractivity contribution in [1.29, 1.82) is 0 Å². The van der Waals surface area contributed by atoms with Crippen molar-refractivity contribution < 1.29 is 0 Å². The molecule has 0 aliphatic heterocycles. The summed E-state index contributed by atoms with van der Waals surface area (Å²) in [6, 6.07) is 20.5. The normalized spacial score (nSPS) is 10.7. The van der Waals surface area contributed by atoms with Crippen LogP contribution < -0.4 is 0 Å². The van der Waals surface area contributed by atoms with Gasteiger partial charge in [0.15, 0.2) is 0 Å². The van der Waals surface area contributed by atoms with E-state index in [9.17, 15) is 0 Å². The highest BCUT2D eigenvalue weighted by atomic mass is 35.5. The molecule has 0 saturated carbocycles. The van der Waals surface area contributed by atoms with E-state index < -0.39 is 0 Å². The lowest BCUT2D eigenvalue weighted by atomic mass is 9.87. The topological polar surface area (TPSA) is 25.8 Å². The van der Waals surface area contributed by atoms with Crippen LogP contribution in [-0.4, -0.2) is 9.97 Å². The summed E-state index contributed by atoms with van der Waals surface area (Å²) in [6.45, 7) is 0. The van der Waals surface area contributed by atoms with Crippen molar-refractivity contribution in [2.75, 3.05) is 0 Å². The van der Waals surface area contributed by atoms with Crippen LogP contribution in [0.15, 0.2) is 73.2 Å². The van der Waals surface area contributed by atoms with Crippen LogP contribution in [0.5, 0.6) is 0 Å². The van der Waals surface area contributed by atoms with E-state index >= 15 is 0 Å². The van der Waals surface area contributed by atoms with Gasteiger partial charge >= 0.3 is 0 Å². The Hall–Kier alpha value is -2.19. The number of hydrogen-bond acceptors (Lipinski definition) is 2. The van der Waals surface area contributed by atoms with Crippen molar-refractivity contribution in [2.24, 2.45) is 0 Å². The zero-order valence-electron chi connectivity index (χ0n) is 10.8. The number of halogens is 1. The van der Waals surface area contributed by atoms with Crippen molar-refractivity contribution in [2.45, 2.75) is 5.92 Å². The minimum Gasteiger partial charge on any atom is -0.244 e. The van der Waals surface area contributed by atoms with E-state index in [2.05, 4.69) is 34.2 Å². The second-order valence-corrected chi connectivity index (χ2v) is 4.88. The monoisotopic (exact) mass is 280 g/mol. The van der Waals surface area contributed by atoms with Crippen molar-refractivity contribution >= 4 is 11.6 Å². The molecule has 0 saturated heterocycles. The fourth-order valence-corrected chi connectivity index (χ4v) is 2.56. The molecule has 20 heavy (non-hydrogen) atoms. The summed E-state index contributed by atoms with van der Waals surface area (Å²) in [6.07, 6.45) is 3.26. The fourth-order valence-electron chi connectivity index (χ4n) is 2.36. The molecule has 0 aliphatic rings. The quantitative estimate of drug-likeness (QED) is 0.668. The largest absolute Gasteiger partial charge is 0.244 e. The van der Waals surface area contributed by atoms with E-state index in [1.807, 2.05) is 36.4 Å². The molecule has 1 heterocycles. The second-order valence-electron chi connectivity index (χ2n) is 4.52. The number of aromatic nitrogens is 2. The van der Waals surface area contributed by atoms with Crippen LogP contribution in [0.3, 0.4) is 0 Å². The maximum atomic E-state index is 6.27. The van der Waals surface area contributed by atoms with Crippen LogP contribution in [0.2, 0.25) is 5.15 Å². The van der Waals surface area contributed by atoms with E-state index in [-0.39, 0.29) is 5.92 Å². The molecule has 0 amide bonds. The van der Waals surface area contributed by atoms with Gasteiger partial charge in [0.05, 0.1) is 0 Å². The summed E-state index contributed by atoms with van der Waals surface area (Å²) in [5, 5.41) is 0.498. The zero-order valence-corrected chi connectivity index (χ0v) is 11.5. The van der Waals surface area contributed by atoms with E-state index in [0.717, 1.165) is 5.56 Å². The van der Waals surface area contributed by atoms with Gasteiger partial charge in [-0.05, 0) is 11.1 Å². The summed E-state index contributed by atoms with van der Waals surface area (Å²) in [4.78, 5) is 8.23. The average molecular weight is 281 g/mol. The average Bonchev–Trinajstić information content (AvgIpc) is 2.52. The summed E-state index contributed by atoms with van der Waals surface area (Å²) in [5.41, 5.74) is 3.28. The molecule has 0 N–H and O–H groups in total. The molecule has 1 aromatic heterocycles. The molecule has 3 rings (SSSR count). The van der Waals surface area contributed by atoms with E-state index in [4.69, 9.17) is 11.6 Å². The third kappa shape index (κ3) is 2.56. The molecule has 0 radical (unpaired) electrons. The Balaban J connectivity index is 2.17. The number of nitrogens with zero attached hydrogens (tertiary/aromatic N) is 2. The lowest BCUT2D eigenvalue weighted by molar-refractivity contribution is 0.941. The first-order valence-electron chi connectivity index (χ1n) is 6.41. The van der Waals surface area contributed by atoms with E-state index in [1.165, 1.54) is 17.5 Å². The van der Waals surface area contributed by atoms with Gasteiger partial charge in [0.2, 0.25) is 0 Å². The molecule has 2 aromatic carbocycles. The Morgan fingerprint density at radius 1 is 0.800 bits per heavy atom. The van der Waals surface area contributed by atoms with E-state index in [0.29, 0.717) is 5.15 Å². The molecule has 0 unspecified atom stereocenters. The Kier molecular flexibility index (Phi) is 3.75. The molecule has 3 heteroatoms. The van der Waals surface area contributed by atoms with Crippen LogP contribution in [0.25, 0.3) is 0 Å². The first-order valence-corrected chi connectivity index (χ1v) is 6.79. The van der Waals surface area contributed by atoms with Crippen LogP contribution in [0.4, 0.5) is 0 Å². The molecular formula is C17H13ClN2. The fraction of sp³-hybridized carbons (Fsp3) is 0.0588. The Morgan fingerprint density at radius 2 is 1.35 bits per heavy atom. The van der Waals surface area contributed by atoms with Gasteiger partial charge in [-0.25, -0.2) is 9.97 Å². The minimum absolute atomic E-state index is 0.0473. The van der Waals surface area contributed by atoms with Crippen LogP contribution in [0.1, 0.15) is 22.6 Å². The van der Waals surface area contributed by atoms with Crippen molar-refractivity contribution in [3.8, 4) is 0 Å². The Bertz CT molecular complexity index is 644. The second kappa shape index (κ2) is 5.85. The van der Waals surface area contributed by atoms with Crippen LogP contribution in [0, 0.1) is 0 Å². The highest BCUT2D eigenvalue weighted by Crippen LogP contribution is 2.34. The van der Waals surface area contributed by atoms with Crippen molar-refractivity contribution in [1.82, 2.24) is 9.97 Å².